The van der Waals surface area contributed by atoms with E-state index in [1.54, 1.807) is 0 Å². The third-order valence-corrected chi connectivity index (χ3v) is 2.53. The zero-order valence-electron chi connectivity index (χ0n) is 9.65. The van der Waals surface area contributed by atoms with Gasteiger partial charge in [-0.2, -0.15) is 0 Å². The Labute approximate surface area is 83.1 Å². The average molecular weight is 187 g/mol. The second-order valence-corrected chi connectivity index (χ2v) is 3.25. The third kappa shape index (κ3) is 4.10. The first-order valence-electron chi connectivity index (χ1n) is 5.67. The van der Waals surface area contributed by atoms with Crippen molar-refractivity contribution >= 4 is 0 Å². The monoisotopic (exact) mass is 187 g/mol. The lowest BCUT2D eigenvalue weighted by Crippen LogP contribution is -2.47. The third-order valence-electron chi connectivity index (χ3n) is 2.53. The highest BCUT2D eigenvalue weighted by molar-refractivity contribution is 4.85. The maximum Gasteiger partial charge on any atom is 0.0803 e. The molecule has 1 saturated heterocycles. The van der Waals surface area contributed by atoms with Crippen LogP contribution in [0.3, 0.4) is 0 Å². The molecule has 1 atom stereocenters. The molecule has 0 aromatic heterocycles. The van der Waals surface area contributed by atoms with Crippen LogP contribution < -0.4 is 5.32 Å². The van der Waals surface area contributed by atoms with E-state index in [0.29, 0.717) is 0 Å². The van der Waals surface area contributed by atoms with E-state index in [2.05, 4.69) is 19.2 Å². The minimum absolute atomic E-state index is 0.160. The molecular weight excluding hydrogens is 162 g/mol. The van der Waals surface area contributed by atoms with Gasteiger partial charge in [0.2, 0.25) is 0 Å². The first kappa shape index (κ1) is 12.9. The number of hydrogen-bond donors (Lipinski definition) is 1. The number of piperidine rings is 1. The summed E-state index contributed by atoms with van der Waals surface area (Å²) in [6, 6.07) is 0. The fourth-order valence-corrected chi connectivity index (χ4v) is 1.77. The minimum atomic E-state index is 0.160. The second kappa shape index (κ2) is 7.34. The van der Waals surface area contributed by atoms with Crippen molar-refractivity contribution in [2.45, 2.75) is 52.6 Å². The maximum absolute atomic E-state index is 5.76. The van der Waals surface area contributed by atoms with Crippen LogP contribution in [0.1, 0.15) is 47.0 Å². The molecule has 1 aliphatic rings. The topological polar surface area (TPSA) is 21.3 Å². The average Bonchev–Trinajstić information content (AvgIpc) is 2.23. The summed E-state index contributed by atoms with van der Waals surface area (Å²) in [7, 11) is 0. The van der Waals surface area contributed by atoms with Crippen LogP contribution in [-0.2, 0) is 4.74 Å². The quantitative estimate of drug-likeness (QED) is 0.733. The molecule has 1 N–H and O–H groups in total. The number of rotatable bonds is 3. The van der Waals surface area contributed by atoms with Crippen molar-refractivity contribution in [3.05, 3.63) is 0 Å². The predicted octanol–water partition coefficient (Wildman–Crippen LogP) is 2.58. The smallest absolute Gasteiger partial charge is 0.0803 e. The molecule has 2 heteroatoms. The molecule has 1 unspecified atom stereocenters. The van der Waals surface area contributed by atoms with E-state index in [0.717, 1.165) is 26.1 Å². The summed E-state index contributed by atoms with van der Waals surface area (Å²) in [5, 5.41) is 3.39. The maximum atomic E-state index is 5.76. The summed E-state index contributed by atoms with van der Waals surface area (Å²) in [5.41, 5.74) is 0.160. The lowest BCUT2D eigenvalue weighted by molar-refractivity contribution is -0.0570. The molecule has 13 heavy (non-hydrogen) atoms. The van der Waals surface area contributed by atoms with Gasteiger partial charge >= 0.3 is 0 Å². The van der Waals surface area contributed by atoms with Gasteiger partial charge in [-0.05, 0) is 32.7 Å². The lowest BCUT2D eigenvalue weighted by atomic mass is 9.91. The van der Waals surface area contributed by atoms with Gasteiger partial charge in [-0.25, -0.2) is 0 Å². The highest BCUT2D eigenvalue weighted by Gasteiger charge is 2.29. The Morgan fingerprint density at radius 2 is 2.00 bits per heavy atom. The van der Waals surface area contributed by atoms with E-state index in [9.17, 15) is 0 Å². The van der Waals surface area contributed by atoms with Crippen molar-refractivity contribution in [1.82, 2.24) is 5.32 Å². The van der Waals surface area contributed by atoms with Gasteiger partial charge in [0.1, 0.15) is 0 Å². The highest BCUT2D eigenvalue weighted by Crippen LogP contribution is 2.23. The highest BCUT2D eigenvalue weighted by atomic mass is 16.5. The molecule has 1 heterocycles. The molecule has 1 aliphatic heterocycles. The van der Waals surface area contributed by atoms with Crippen LogP contribution in [-0.4, -0.2) is 25.3 Å². The SMILES string of the molecule is CC.CCOC1(CC)CCCNC1. The summed E-state index contributed by atoms with van der Waals surface area (Å²) in [4.78, 5) is 0. The van der Waals surface area contributed by atoms with Gasteiger partial charge in [0.15, 0.2) is 0 Å². The Bertz CT molecular complexity index is 103. The predicted molar refractivity (Wildman–Crippen MR) is 58.1 cm³/mol. The van der Waals surface area contributed by atoms with Crippen LogP contribution in [0, 0.1) is 0 Å². The van der Waals surface area contributed by atoms with Crippen LogP contribution in [0.15, 0.2) is 0 Å². The molecule has 0 radical (unpaired) electrons. The molecule has 0 saturated carbocycles. The van der Waals surface area contributed by atoms with E-state index < -0.39 is 0 Å². The first-order valence-corrected chi connectivity index (χ1v) is 5.67. The lowest BCUT2D eigenvalue weighted by Gasteiger charge is -2.36. The van der Waals surface area contributed by atoms with E-state index in [-0.39, 0.29) is 5.60 Å². The van der Waals surface area contributed by atoms with Gasteiger partial charge in [-0.1, -0.05) is 20.8 Å². The van der Waals surface area contributed by atoms with Crippen LogP contribution in [0.4, 0.5) is 0 Å². The van der Waals surface area contributed by atoms with Crippen LogP contribution >= 0.6 is 0 Å². The first-order chi connectivity index (χ1) is 6.33. The summed E-state index contributed by atoms with van der Waals surface area (Å²) >= 11 is 0. The van der Waals surface area contributed by atoms with Gasteiger partial charge in [0, 0.05) is 13.2 Å². The molecule has 0 amide bonds. The molecule has 0 bridgehead atoms. The molecule has 1 fully saturated rings. The van der Waals surface area contributed by atoms with Crippen LogP contribution in [0.25, 0.3) is 0 Å². The Morgan fingerprint density at radius 1 is 1.31 bits per heavy atom. The van der Waals surface area contributed by atoms with Crippen LogP contribution in [0.2, 0.25) is 0 Å². The summed E-state index contributed by atoms with van der Waals surface area (Å²) in [6.45, 7) is 11.3. The van der Waals surface area contributed by atoms with Gasteiger partial charge in [0.25, 0.3) is 0 Å². The fraction of sp³-hybridized carbons (Fsp3) is 1.00. The Hall–Kier alpha value is -0.0800. The van der Waals surface area contributed by atoms with E-state index in [4.69, 9.17) is 4.74 Å². The molecule has 80 valence electrons. The van der Waals surface area contributed by atoms with Crippen molar-refractivity contribution in [2.24, 2.45) is 0 Å². The number of nitrogens with one attached hydrogen (secondary N) is 1. The van der Waals surface area contributed by atoms with Gasteiger partial charge in [-0.15, -0.1) is 0 Å². The van der Waals surface area contributed by atoms with Crippen molar-refractivity contribution in [1.29, 1.82) is 0 Å². The van der Waals surface area contributed by atoms with Crippen molar-refractivity contribution in [3.63, 3.8) is 0 Å². The van der Waals surface area contributed by atoms with E-state index >= 15 is 0 Å². The van der Waals surface area contributed by atoms with E-state index in [1.165, 1.54) is 12.8 Å². The van der Waals surface area contributed by atoms with Crippen LogP contribution in [0.5, 0.6) is 0 Å². The Balaban J connectivity index is 0.000000671. The van der Waals surface area contributed by atoms with Gasteiger partial charge in [-0.3, -0.25) is 0 Å². The number of ether oxygens (including phenoxy) is 1. The largest absolute Gasteiger partial charge is 0.374 e. The fourth-order valence-electron chi connectivity index (χ4n) is 1.77. The van der Waals surface area contributed by atoms with Gasteiger partial charge in [0.05, 0.1) is 5.60 Å². The normalized spacial score (nSPS) is 27.7. The van der Waals surface area contributed by atoms with Gasteiger partial charge < -0.3 is 10.1 Å². The molecule has 0 aromatic rings. The molecule has 1 rings (SSSR count). The Morgan fingerprint density at radius 3 is 2.38 bits per heavy atom. The molecule has 0 spiro atoms. The van der Waals surface area contributed by atoms with Crippen molar-refractivity contribution in [3.8, 4) is 0 Å². The second-order valence-electron chi connectivity index (χ2n) is 3.25. The molecular formula is C11H25NO. The Kier molecular flexibility index (Phi) is 7.29. The zero-order chi connectivity index (χ0) is 10.2. The zero-order valence-corrected chi connectivity index (χ0v) is 9.65. The minimum Gasteiger partial charge on any atom is -0.374 e. The summed E-state index contributed by atoms with van der Waals surface area (Å²) in [5.74, 6) is 0. The van der Waals surface area contributed by atoms with Crippen molar-refractivity contribution in [2.75, 3.05) is 19.7 Å². The summed E-state index contributed by atoms with van der Waals surface area (Å²) < 4.78 is 5.76. The summed E-state index contributed by atoms with van der Waals surface area (Å²) in [6.07, 6.45) is 3.62. The molecule has 2 nitrogen and oxygen atoms in total. The number of hydrogen-bond acceptors (Lipinski definition) is 2. The standard InChI is InChI=1S/C9H19NO.C2H6/c1-3-9(11-4-2)6-5-7-10-8-9;1-2/h10H,3-8H2,1-2H3;1-2H3. The van der Waals surface area contributed by atoms with E-state index in [1.807, 2.05) is 13.8 Å². The van der Waals surface area contributed by atoms with Crippen molar-refractivity contribution < 1.29 is 4.74 Å². The molecule has 0 aromatic carbocycles. The molecule has 0 aliphatic carbocycles.